The molecule has 0 aliphatic carbocycles. The zero-order valence-corrected chi connectivity index (χ0v) is 18.9. The molecule has 0 bridgehead atoms. The van der Waals surface area contributed by atoms with Crippen LogP contribution in [-0.4, -0.2) is 55.8 Å². The van der Waals surface area contributed by atoms with Gasteiger partial charge in [-0.1, -0.05) is 12.1 Å². The van der Waals surface area contributed by atoms with E-state index in [2.05, 4.69) is 4.72 Å². The van der Waals surface area contributed by atoms with Gasteiger partial charge in [-0.15, -0.1) is 0 Å². The summed E-state index contributed by atoms with van der Waals surface area (Å²) >= 11 is 0. The topological polar surface area (TPSA) is 82.9 Å². The van der Waals surface area contributed by atoms with Crippen molar-refractivity contribution in [3.05, 3.63) is 53.3 Å². The van der Waals surface area contributed by atoms with E-state index in [-0.39, 0.29) is 10.9 Å². The number of hydrogen-bond acceptors (Lipinski definition) is 5. The van der Waals surface area contributed by atoms with Gasteiger partial charge in [0, 0.05) is 38.3 Å². The minimum Gasteiger partial charge on any atom is -0.438 e. The molecule has 176 valence electrons. The van der Waals surface area contributed by atoms with Crippen LogP contribution in [0.15, 0.2) is 45.9 Å². The summed E-state index contributed by atoms with van der Waals surface area (Å²) in [5.41, 5.74) is -0.627. The maximum atomic E-state index is 12.7. The van der Waals surface area contributed by atoms with Crippen molar-refractivity contribution in [2.75, 3.05) is 26.2 Å². The predicted molar refractivity (Wildman–Crippen MR) is 111 cm³/mol. The molecule has 1 amide bonds. The molecule has 0 unspecified atom stereocenters. The van der Waals surface area contributed by atoms with Crippen molar-refractivity contribution in [1.29, 1.82) is 0 Å². The van der Waals surface area contributed by atoms with Gasteiger partial charge >= 0.3 is 6.18 Å². The zero-order chi connectivity index (χ0) is 23.7. The van der Waals surface area contributed by atoms with Crippen LogP contribution in [0, 0.1) is 0 Å². The lowest BCUT2D eigenvalue weighted by Crippen LogP contribution is -2.48. The van der Waals surface area contributed by atoms with Crippen LogP contribution in [0.25, 0.3) is 0 Å². The van der Waals surface area contributed by atoms with Crippen LogP contribution in [0.1, 0.15) is 42.5 Å². The van der Waals surface area contributed by atoms with E-state index < -0.39 is 33.2 Å². The number of benzene rings is 1. The molecule has 1 fully saturated rings. The predicted octanol–water partition coefficient (Wildman–Crippen LogP) is 3.33. The summed E-state index contributed by atoms with van der Waals surface area (Å²) in [5, 5.41) is -0.322. The van der Waals surface area contributed by atoms with E-state index in [1.807, 2.05) is 4.90 Å². The second-order valence-electron chi connectivity index (χ2n) is 8.74. The molecule has 0 saturated carbocycles. The van der Waals surface area contributed by atoms with Crippen LogP contribution in [0.2, 0.25) is 0 Å². The number of rotatable bonds is 5. The standard InChI is InChI=1S/C21H26F3N3O4S/c1-20(2,3)25-32(29,30)18-9-8-17(31-18)19(28)27-12-10-26(11-13-27)14-15-4-6-16(7-5-15)21(22,23)24/h4-9,25H,10-14H2,1-3H3. The molecule has 1 saturated heterocycles. The minimum atomic E-state index is -4.36. The van der Waals surface area contributed by atoms with Crippen LogP contribution in [0.5, 0.6) is 0 Å². The smallest absolute Gasteiger partial charge is 0.416 e. The Morgan fingerprint density at radius 3 is 2.12 bits per heavy atom. The van der Waals surface area contributed by atoms with E-state index in [9.17, 15) is 26.4 Å². The van der Waals surface area contributed by atoms with Crippen molar-refractivity contribution in [1.82, 2.24) is 14.5 Å². The van der Waals surface area contributed by atoms with Crippen molar-refractivity contribution in [2.45, 2.75) is 44.1 Å². The fourth-order valence-electron chi connectivity index (χ4n) is 3.36. The Labute approximate surface area is 185 Å². The highest BCUT2D eigenvalue weighted by Crippen LogP contribution is 2.29. The number of alkyl halides is 3. The molecular formula is C21H26F3N3O4S. The number of carbonyl (C=O) groups excluding carboxylic acids is 1. The molecule has 2 heterocycles. The highest BCUT2D eigenvalue weighted by Gasteiger charge is 2.31. The van der Waals surface area contributed by atoms with Gasteiger partial charge in [-0.25, -0.2) is 13.1 Å². The first kappa shape index (κ1) is 24.3. The number of hydrogen-bond donors (Lipinski definition) is 1. The number of nitrogens with one attached hydrogen (secondary N) is 1. The molecule has 0 radical (unpaired) electrons. The Morgan fingerprint density at radius 1 is 1.00 bits per heavy atom. The minimum absolute atomic E-state index is 0.0597. The molecule has 1 aliphatic heterocycles. The molecule has 7 nitrogen and oxygen atoms in total. The van der Waals surface area contributed by atoms with E-state index >= 15 is 0 Å². The van der Waals surface area contributed by atoms with Gasteiger partial charge in [0.05, 0.1) is 5.56 Å². The molecule has 2 aromatic rings. The van der Waals surface area contributed by atoms with Crippen LogP contribution in [0.4, 0.5) is 13.2 Å². The van der Waals surface area contributed by atoms with Gasteiger partial charge in [0.1, 0.15) is 0 Å². The maximum absolute atomic E-state index is 12.7. The molecule has 32 heavy (non-hydrogen) atoms. The lowest BCUT2D eigenvalue weighted by Gasteiger charge is -2.34. The lowest BCUT2D eigenvalue weighted by molar-refractivity contribution is -0.137. The Kier molecular flexibility index (Phi) is 6.73. The van der Waals surface area contributed by atoms with Crippen molar-refractivity contribution < 1.29 is 30.8 Å². The van der Waals surface area contributed by atoms with E-state index in [1.165, 1.54) is 24.3 Å². The summed E-state index contributed by atoms with van der Waals surface area (Å²) in [4.78, 5) is 16.3. The molecule has 0 atom stereocenters. The number of carbonyl (C=O) groups is 1. The highest BCUT2D eigenvalue weighted by molar-refractivity contribution is 7.89. The zero-order valence-electron chi connectivity index (χ0n) is 18.1. The summed E-state index contributed by atoms with van der Waals surface area (Å²) in [7, 11) is -3.88. The molecule has 1 aliphatic rings. The first-order chi connectivity index (χ1) is 14.7. The monoisotopic (exact) mass is 473 g/mol. The van der Waals surface area contributed by atoms with Crippen molar-refractivity contribution in [3.63, 3.8) is 0 Å². The van der Waals surface area contributed by atoms with Gasteiger partial charge in [0.2, 0.25) is 5.09 Å². The molecule has 0 spiro atoms. The van der Waals surface area contributed by atoms with Crippen LogP contribution < -0.4 is 4.72 Å². The first-order valence-corrected chi connectivity index (χ1v) is 11.5. The van der Waals surface area contributed by atoms with E-state index in [0.717, 1.165) is 17.7 Å². The number of amides is 1. The Bertz CT molecular complexity index is 1050. The summed E-state index contributed by atoms with van der Waals surface area (Å²) in [6.07, 6.45) is -4.36. The fourth-order valence-corrected chi connectivity index (χ4v) is 4.71. The van der Waals surface area contributed by atoms with Crippen LogP contribution in [-0.2, 0) is 22.7 Å². The number of sulfonamides is 1. The largest absolute Gasteiger partial charge is 0.438 e. The highest BCUT2D eigenvalue weighted by atomic mass is 32.2. The van der Waals surface area contributed by atoms with Gasteiger partial charge in [-0.05, 0) is 50.6 Å². The molecular weight excluding hydrogens is 447 g/mol. The van der Waals surface area contributed by atoms with E-state index in [0.29, 0.717) is 32.7 Å². The van der Waals surface area contributed by atoms with E-state index in [1.54, 1.807) is 25.7 Å². The summed E-state index contributed by atoms with van der Waals surface area (Å²) in [5.74, 6) is -0.466. The van der Waals surface area contributed by atoms with Crippen LogP contribution >= 0.6 is 0 Å². The van der Waals surface area contributed by atoms with Gasteiger partial charge in [-0.2, -0.15) is 13.2 Å². The maximum Gasteiger partial charge on any atom is 0.416 e. The van der Waals surface area contributed by atoms with Gasteiger partial charge in [0.25, 0.3) is 15.9 Å². The van der Waals surface area contributed by atoms with Gasteiger partial charge < -0.3 is 9.32 Å². The Morgan fingerprint density at radius 2 is 1.59 bits per heavy atom. The van der Waals surface area contributed by atoms with Gasteiger partial charge in [0.15, 0.2) is 5.76 Å². The number of halogens is 3. The number of piperazine rings is 1. The lowest BCUT2D eigenvalue weighted by atomic mass is 10.1. The fraction of sp³-hybridized carbons (Fsp3) is 0.476. The Balaban J connectivity index is 1.56. The second kappa shape index (κ2) is 8.87. The Hall–Kier alpha value is -2.37. The third-order valence-corrected chi connectivity index (χ3v) is 6.47. The van der Waals surface area contributed by atoms with Crippen molar-refractivity contribution in [2.24, 2.45) is 0 Å². The average molecular weight is 474 g/mol. The molecule has 3 rings (SSSR count). The van der Waals surface area contributed by atoms with Crippen molar-refractivity contribution >= 4 is 15.9 Å². The first-order valence-electron chi connectivity index (χ1n) is 10.1. The van der Waals surface area contributed by atoms with Gasteiger partial charge in [-0.3, -0.25) is 9.69 Å². The third-order valence-electron chi connectivity index (χ3n) is 4.84. The normalized spacial score (nSPS) is 16.4. The summed E-state index contributed by atoms with van der Waals surface area (Å²) < 4.78 is 70.6. The molecule has 11 heteroatoms. The second-order valence-corrected chi connectivity index (χ2v) is 10.4. The summed E-state index contributed by atoms with van der Waals surface area (Å²) in [6.45, 7) is 7.42. The molecule has 1 N–H and O–H groups in total. The average Bonchev–Trinajstić information content (AvgIpc) is 3.17. The van der Waals surface area contributed by atoms with Crippen LogP contribution in [0.3, 0.4) is 0 Å². The summed E-state index contributed by atoms with van der Waals surface area (Å²) in [6, 6.07) is 7.63. The quantitative estimate of drug-likeness (QED) is 0.720. The molecule has 1 aromatic heterocycles. The SMILES string of the molecule is CC(C)(C)NS(=O)(=O)c1ccc(C(=O)N2CCN(Cc3ccc(C(F)(F)F)cc3)CC2)o1. The number of furan rings is 1. The van der Waals surface area contributed by atoms with E-state index in [4.69, 9.17) is 4.42 Å². The molecule has 1 aromatic carbocycles. The van der Waals surface area contributed by atoms with Crippen molar-refractivity contribution in [3.8, 4) is 0 Å². The third kappa shape index (κ3) is 6.11. The number of nitrogens with zero attached hydrogens (tertiary/aromatic N) is 2.